The molecule has 1 atom stereocenters. The van der Waals surface area contributed by atoms with Crippen molar-refractivity contribution in [3.63, 3.8) is 0 Å². The third-order valence-corrected chi connectivity index (χ3v) is 6.43. The van der Waals surface area contributed by atoms with Gasteiger partial charge in [0.15, 0.2) is 11.8 Å². The van der Waals surface area contributed by atoms with E-state index in [4.69, 9.17) is 0 Å². The molecule has 1 amide bonds. The molecule has 0 radical (unpaired) electrons. The molecule has 2 aromatic carbocycles. The summed E-state index contributed by atoms with van der Waals surface area (Å²) in [5, 5.41) is 0. The normalized spacial score (nSPS) is 15.4. The molecule has 0 unspecified atom stereocenters. The van der Waals surface area contributed by atoms with Gasteiger partial charge in [-0.2, -0.15) is 0 Å². The maximum Gasteiger partial charge on any atom is 0.253 e. The number of Topliss-reactive ketones (excluding diaryl/α,β-unsaturated/α-hetero) is 1. The molecule has 1 aliphatic heterocycles. The van der Waals surface area contributed by atoms with Crippen LogP contribution in [0, 0.1) is 0 Å². The van der Waals surface area contributed by atoms with Gasteiger partial charge in [-0.05, 0) is 23.8 Å². The monoisotopic (exact) mass is 519 g/mol. The number of ketones is 1. The van der Waals surface area contributed by atoms with Gasteiger partial charge in [-0.15, -0.1) is 0 Å². The fraction of sp³-hybridized carbons (Fsp3) is 0.222. The molecule has 2 heterocycles. The number of carbonyl (C=O) groups is 2. The Bertz CT molecular complexity index is 1210. The molecule has 0 N–H and O–H groups in total. The highest BCUT2D eigenvalue weighted by molar-refractivity contribution is 9.10. The zero-order valence-electron chi connectivity index (χ0n) is 18.7. The first-order valence-electron chi connectivity index (χ1n) is 11.2. The van der Waals surface area contributed by atoms with E-state index in [0.717, 1.165) is 16.6 Å². The number of rotatable bonds is 7. The second-order valence-electron chi connectivity index (χ2n) is 8.16. The Hall–Kier alpha value is -3.29. The fourth-order valence-electron chi connectivity index (χ4n) is 4.01. The van der Waals surface area contributed by atoms with E-state index in [1.807, 2.05) is 18.2 Å². The zero-order valence-corrected chi connectivity index (χ0v) is 20.3. The lowest BCUT2D eigenvalue weighted by molar-refractivity contribution is -0.135. The summed E-state index contributed by atoms with van der Waals surface area (Å²) in [5.41, 5.74) is 1.16. The number of benzene rings is 2. The highest BCUT2D eigenvalue weighted by Gasteiger charge is 2.34. The first kappa shape index (κ1) is 23.9. The van der Waals surface area contributed by atoms with Crippen molar-refractivity contribution in [2.75, 3.05) is 32.7 Å². The van der Waals surface area contributed by atoms with Crippen LogP contribution in [-0.2, 0) is 4.79 Å². The molecule has 7 heteroatoms. The van der Waals surface area contributed by atoms with Crippen LogP contribution in [0.1, 0.15) is 22.0 Å². The van der Waals surface area contributed by atoms with Crippen LogP contribution < -0.4 is 5.56 Å². The van der Waals surface area contributed by atoms with Crippen LogP contribution in [0.2, 0.25) is 0 Å². The van der Waals surface area contributed by atoms with Gasteiger partial charge < -0.3 is 4.90 Å². The number of piperazine rings is 1. The smallest absolute Gasteiger partial charge is 0.253 e. The Morgan fingerprint density at radius 2 is 1.56 bits per heavy atom. The number of pyridine rings is 1. The van der Waals surface area contributed by atoms with Gasteiger partial charge in [-0.25, -0.2) is 0 Å². The van der Waals surface area contributed by atoms with Crippen LogP contribution in [0.5, 0.6) is 0 Å². The van der Waals surface area contributed by atoms with Crippen LogP contribution in [0.25, 0.3) is 6.08 Å². The molecular formula is C27H26BrN3O3. The van der Waals surface area contributed by atoms with Gasteiger partial charge in [0.2, 0.25) is 0 Å². The fourth-order valence-corrected chi connectivity index (χ4v) is 4.27. The molecule has 1 saturated heterocycles. The SMILES string of the molecule is O=C(c1ccc(Br)cc1)[C@@H](C(=O)N1CCN(C/C=C/c2ccccc2)CC1)n1ccccc1=O. The van der Waals surface area contributed by atoms with Crippen molar-refractivity contribution in [1.29, 1.82) is 0 Å². The van der Waals surface area contributed by atoms with E-state index in [9.17, 15) is 14.4 Å². The zero-order chi connectivity index (χ0) is 23.9. The summed E-state index contributed by atoms with van der Waals surface area (Å²) in [5.74, 6) is -0.736. The molecule has 1 aliphatic rings. The second kappa shape index (κ2) is 11.2. The van der Waals surface area contributed by atoms with Gasteiger partial charge in [0.1, 0.15) is 0 Å². The van der Waals surface area contributed by atoms with Gasteiger partial charge in [0, 0.05) is 55.0 Å². The Kier molecular flexibility index (Phi) is 7.87. The minimum absolute atomic E-state index is 0.347. The maximum atomic E-state index is 13.5. The van der Waals surface area contributed by atoms with Crippen molar-refractivity contribution < 1.29 is 9.59 Å². The average Bonchev–Trinajstić information content (AvgIpc) is 2.87. The lowest BCUT2D eigenvalue weighted by Crippen LogP contribution is -2.52. The van der Waals surface area contributed by atoms with Crippen LogP contribution in [0.15, 0.2) is 94.3 Å². The number of aromatic nitrogens is 1. The first-order valence-corrected chi connectivity index (χ1v) is 12.0. The van der Waals surface area contributed by atoms with Crippen LogP contribution in [0.3, 0.4) is 0 Å². The molecule has 0 bridgehead atoms. The molecule has 3 aromatic rings. The second-order valence-corrected chi connectivity index (χ2v) is 9.07. The third kappa shape index (κ3) is 5.79. The van der Waals surface area contributed by atoms with Crippen molar-refractivity contribution >= 4 is 33.7 Å². The van der Waals surface area contributed by atoms with E-state index in [0.29, 0.717) is 31.7 Å². The minimum Gasteiger partial charge on any atom is -0.338 e. The predicted octanol–water partition coefficient (Wildman–Crippen LogP) is 3.89. The van der Waals surface area contributed by atoms with E-state index in [1.54, 1.807) is 41.3 Å². The lowest BCUT2D eigenvalue weighted by atomic mass is 10.0. The highest BCUT2D eigenvalue weighted by Crippen LogP contribution is 2.20. The molecule has 174 valence electrons. The van der Waals surface area contributed by atoms with Crippen molar-refractivity contribution in [1.82, 2.24) is 14.4 Å². The number of hydrogen-bond donors (Lipinski definition) is 0. The van der Waals surface area contributed by atoms with E-state index in [-0.39, 0.29) is 17.2 Å². The minimum atomic E-state index is -1.22. The molecule has 0 aliphatic carbocycles. The number of halogens is 1. The third-order valence-electron chi connectivity index (χ3n) is 5.90. The topological polar surface area (TPSA) is 62.6 Å². The Balaban J connectivity index is 1.46. The van der Waals surface area contributed by atoms with Crippen molar-refractivity contribution in [2.45, 2.75) is 6.04 Å². The summed E-state index contributed by atoms with van der Waals surface area (Å²) in [6.45, 7) is 3.20. The summed E-state index contributed by atoms with van der Waals surface area (Å²) in [7, 11) is 0. The van der Waals surface area contributed by atoms with Crippen LogP contribution in [-0.4, -0.2) is 58.8 Å². The molecule has 34 heavy (non-hydrogen) atoms. The summed E-state index contributed by atoms with van der Waals surface area (Å²) < 4.78 is 2.07. The van der Waals surface area contributed by atoms with Crippen molar-refractivity contribution in [3.05, 3.63) is 111 Å². The molecular weight excluding hydrogens is 494 g/mol. The quantitative estimate of drug-likeness (QED) is 0.351. The Morgan fingerprint density at radius 1 is 0.882 bits per heavy atom. The molecule has 1 aromatic heterocycles. The van der Waals surface area contributed by atoms with E-state index >= 15 is 0 Å². The molecule has 1 fully saturated rings. The summed E-state index contributed by atoms with van der Waals surface area (Å²) in [6, 6.07) is 20.4. The van der Waals surface area contributed by atoms with Gasteiger partial charge in [0.05, 0.1) is 0 Å². The maximum absolute atomic E-state index is 13.5. The van der Waals surface area contributed by atoms with Gasteiger partial charge in [-0.3, -0.25) is 23.9 Å². The summed E-state index contributed by atoms with van der Waals surface area (Å²) >= 11 is 3.37. The highest BCUT2D eigenvalue weighted by atomic mass is 79.9. The predicted molar refractivity (Wildman–Crippen MR) is 137 cm³/mol. The standard InChI is InChI=1S/C27H26BrN3O3/c28-23-13-11-22(12-14-23)26(33)25(31-16-5-4-10-24(31)32)27(34)30-19-17-29(18-20-30)15-6-9-21-7-2-1-3-8-21/h1-14,16,25H,15,17-20H2/b9-6+/t25-/m0/s1. The lowest BCUT2D eigenvalue weighted by Gasteiger charge is -2.36. The largest absolute Gasteiger partial charge is 0.338 e. The number of hydrogen-bond acceptors (Lipinski definition) is 4. The van der Waals surface area contributed by atoms with E-state index in [2.05, 4.69) is 45.1 Å². The number of nitrogens with zero attached hydrogens (tertiary/aromatic N) is 3. The number of amides is 1. The Labute approximate surface area is 207 Å². The van der Waals surface area contributed by atoms with Crippen molar-refractivity contribution in [3.8, 4) is 0 Å². The first-order chi connectivity index (χ1) is 16.5. The van der Waals surface area contributed by atoms with Gasteiger partial charge in [0.25, 0.3) is 11.5 Å². The molecule has 0 spiro atoms. The number of carbonyl (C=O) groups excluding carboxylic acids is 2. The van der Waals surface area contributed by atoms with E-state index < -0.39 is 6.04 Å². The van der Waals surface area contributed by atoms with Gasteiger partial charge >= 0.3 is 0 Å². The van der Waals surface area contributed by atoms with E-state index in [1.165, 1.54) is 16.8 Å². The summed E-state index contributed by atoms with van der Waals surface area (Å²) in [4.78, 5) is 43.4. The Morgan fingerprint density at radius 3 is 2.24 bits per heavy atom. The molecule has 0 saturated carbocycles. The average molecular weight is 520 g/mol. The summed E-state index contributed by atoms with van der Waals surface area (Å²) in [6.07, 6.45) is 5.72. The van der Waals surface area contributed by atoms with Crippen molar-refractivity contribution in [2.24, 2.45) is 0 Å². The molecule has 4 rings (SSSR count). The van der Waals surface area contributed by atoms with Gasteiger partial charge in [-0.1, -0.05) is 76.6 Å². The van der Waals surface area contributed by atoms with Crippen LogP contribution in [0.4, 0.5) is 0 Å². The van der Waals surface area contributed by atoms with Crippen LogP contribution >= 0.6 is 15.9 Å². The molecule has 6 nitrogen and oxygen atoms in total.